The van der Waals surface area contributed by atoms with E-state index in [0.29, 0.717) is 36.2 Å². The van der Waals surface area contributed by atoms with Gasteiger partial charge in [0.25, 0.3) is 5.91 Å². The van der Waals surface area contributed by atoms with Gasteiger partial charge in [0.2, 0.25) is 0 Å². The summed E-state index contributed by atoms with van der Waals surface area (Å²) in [4.78, 5) is 17.1. The molecule has 1 fully saturated rings. The van der Waals surface area contributed by atoms with Gasteiger partial charge in [-0.2, -0.15) is 0 Å². The van der Waals surface area contributed by atoms with Crippen molar-refractivity contribution in [3.8, 4) is 41.2 Å². The molecular formula is C32H36N2O5. The van der Waals surface area contributed by atoms with Crippen LogP contribution in [0.5, 0.6) is 17.2 Å². The third kappa shape index (κ3) is 7.64. The van der Waals surface area contributed by atoms with Gasteiger partial charge in [0.1, 0.15) is 12.4 Å². The van der Waals surface area contributed by atoms with Gasteiger partial charge < -0.3 is 24.2 Å². The van der Waals surface area contributed by atoms with E-state index in [4.69, 9.17) is 19.3 Å². The maximum absolute atomic E-state index is 13.1. The number of benzene rings is 3. The fourth-order valence-electron chi connectivity index (χ4n) is 4.49. The summed E-state index contributed by atoms with van der Waals surface area (Å²) in [6.07, 6.45) is 12.3. The maximum atomic E-state index is 13.1. The second-order valence-corrected chi connectivity index (χ2v) is 8.71. The molecule has 2 heterocycles. The summed E-state index contributed by atoms with van der Waals surface area (Å²) < 4.78 is 17.4. The van der Waals surface area contributed by atoms with E-state index in [2.05, 4.69) is 29.9 Å². The average Bonchev–Trinajstić information content (AvgIpc) is 3.66. The highest BCUT2D eigenvalue weighted by Crippen LogP contribution is 2.34. The van der Waals surface area contributed by atoms with E-state index in [9.17, 15) is 4.79 Å². The van der Waals surface area contributed by atoms with Crippen molar-refractivity contribution in [3.05, 3.63) is 84.6 Å². The number of rotatable bonds is 9. The van der Waals surface area contributed by atoms with Crippen LogP contribution in [0.3, 0.4) is 0 Å². The predicted octanol–water partition coefficient (Wildman–Crippen LogP) is 5.00. The highest BCUT2D eigenvalue weighted by atomic mass is 16.5. The number of carbonyl (C=O) groups is 1. The van der Waals surface area contributed by atoms with Gasteiger partial charge in [-0.3, -0.25) is 9.69 Å². The lowest BCUT2D eigenvalue weighted by atomic mass is 10.1. The lowest BCUT2D eigenvalue weighted by molar-refractivity contribution is -0.116. The number of methoxy groups -OCH3 is 1. The largest absolute Gasteiger partial charge is 0.493 e. The Kier molecular flexibility index (Phi) is 11.4. The summed E-state index contributed by atoms with van der Waals surface area (Å²) in [5.74, 6) is 2.07. The maximum Gasteiger partial charge on any atom is 0.294 e. The lowest BCUT2D eigenvalue weighted by Gasteiger charge is -2.20. The normalized spacial score (nSPS) is 14.4. The Morgan fingerprint density at radius 2 is 1.54 bits per heavy atom. The molecule has 0 bridgehead atoms. The molecule has 5 rings (SSSR count). The number of nitrogens with zero attached hydrogens (tertiary/aromatic N) is 2. The molecule has 1 amide bonds. The van der Waals surface area contributed by atoms with E-state index in [-0.39, 0.29) is 5.91 Å². The molecule has 0 aromatic heterocycles. The van der Waals surface area contributed by atoms with Crippen LogP contribution < -0.4 is 19.1 Å². The Balaban J connectivity index is 0.00000100. The molecule has 0 radical (unpaired) electrons. The van der Waals surface area contributed by atoms with Crippen LogP contribution >= 0.6 is 0 Å². The minimum absolute atomic E-state index is 0.179. The highest BCUT2D eigenvalue weighted by molar-refractivity contribution is 6.07. The second kappa shape index (κ2) is 15.2. The number of carbonyl (C=O) groups excluding carboxylic acids is 1. The summed E-state index contributed by atoms with van der Waals surface area (Å²) in [5, 5.41) is 7.00. The van der Waals surface area contributed by atoms with E-state index >= 15 is 0 Å². The molecule has 204 valence electrons. The van der Waals surface area contributed by atoms with E-state index in [1.165, 1.54) is 12.8 Å². The third-order valence-corrected chi connectivity index (χ3v) is 6.43. The Labute approximate surface area is 231 Å². The lowest BCUT2D eigenvalue weighted by Crippen LogP contribution is -2.27. The molecule has 0 unspecified atom stereocenters. The summed E-state index contributed by atoms with van der Waals surface area (Å²) in [5.41, 5.74) is 2.98. The first-order valence-corrected chi connectivity index (χ1v) is 12.9. The van der Waals surface area contributed by atoms with Crippen molar-refractivity contribution in [2.45, 2.75) is 12.8 Å². The number of ether oxygens (including phenoxy) is 3. The van der Waals surface area contributed by atoms with Gasteiger partial charge in [0.15, 0.2) is 17.3 Å². The third-order valence-electron chi connectivity index (χ3n) is 6.43. The van der Waals surface area contributed by atoms with Crippen LogP contribution in [-0.2, 0) is 4.79 Å². The van der Waals surface area contributed by atoms with Gasteiger partial charge in [-0.1, -0.05) is 42.5 Å². The fraction of sp³-hybridized carbons (Fsp3) is 0.281. The molecular weight excluding hydrogens is 492 g/mol. The number of aliphatic hydroxyl groups is 1. The first-order valence-electron chi connectivity index (χ1n) is 12.9. The predicted molar refractivity (Wildman–Crippen MR) is 155 cm³/mol. The van der Waals surface area contributed by atoms with Crippen molar-refractivity contribution in [2.75, 3.05) is 51.9 Å². The summed E-state index contributed by atoms with van der Waals surface area (Å²) in [6, 6.07) is 23.5. The highest BCUT2D eigenvalue weighted by Gasteiger charge is 2.28. The van der Waals surface area contributed by atoms with Crippen molar-refractivity contribution in [1.82, 2.24) is 4.90 Å². The van der Waals surface area contributed by atoms with Gasteiger partial charge in [-0.25, -0.2) is 0 Å². The molecule has 1 N–H and O–H groups in total. The van der Waals surface area contributed by atoms with Crippen LogP contribution in [0.4, 0.5) is 5.69 Å². The van der Waals surface area contributed by atoms with Crippen LogP contribution in [0.1, 0.15) is 12.8 Å². The van der Waals surface area contributed by atoms with E-state index < -0.39 is 0 Å². The molecule has 7 nitrogen and oxygen atoms in total. The Hall–Kier alpha value is -4.25. The molecule has 0 atom stereocenters. The number of amides is 1. The smallest absolute Gasteiger partial charge is 0.294 e. The first kappa shape index (κ1) is 29.3. The van der Waals surface area contributed by atoms with Gasteiger partial charge in [-0.05, 0) is 67.4 Å². The minimum atomic E-state index is -0.179. The number of terminal acetylenes is 1. The number of aliphatic hydroxyl groups excluding tert-OH is 1. The minimum Gasteiger partial charge on any atom is -0.493 e. The van der Waals surface area contributed by atoms with E-state index in [1.54, 1.807) is 18.1 Å². The number of hydrogen-bond donors (Lipinski definition) is 1. The van der Waals surface area contributed by atoms with Gasteiger partial charge in [-0.15, -0.1) is 12.8 Å². The Morgan fingerprint density at radius 3 is 2.21 bits per heavy atom. The molecule has 0 aliphatic carbocycles. The molecule has 39 heavy (non-hydrogen) atoms. The number of hydrogen-bond acceptors (Lipinski definition) is 6. The van der Waals surface area contributed by atoms with Crippen LogP contribution in [-0.4, -0.2) is 62.9 Å². The molecule has 2 aliphatic heterocycles. The van der Waals surface area contributed by atoms with Crippen LogP contribution in [0.2, 0.25) is 0 Å². The number of likely N-dealkylation sites (tertiary alicyclic amines) is 1. The van der Waals surface area contributed by atoms with Crippen LogP contribution in [0, 0.1) is 12.8 Å². The second-order valence-electron chi connectivity index (χ2n) is 8.71. The van der Waals surface area contributed by atoms with Crippen molar-refractivity contribution < 1.29 is 24.1 Å². The Morgan fingerprint density at radius 1 is 0.872 bits per heavy atom. The zero-order chi connectivity index (χ0) is 28.0. The van der Waals surface area contributed by atoms with Crippen molar-refractivity contribution in [2.24, 2.45) is 0 Å². The van der Waals surface area contributed by atoms with Crippen molar-refractivity contribution in [3.63, 3.8) is 0 Å². The van der Waals surface area contributed by atoms with Gasteiger partial charge in [0, 0.05) is 32.0 Å². The zero-order valence-corrected chi connectivity index (χ0v) is 22.6. The standard InChI is InChI=1S/C29H30N2O4.C2H2.CH4O/c1-33-28-21-24(11-14-26(28)34-20-19-30-16-5-6-17-30)31-18-15-27(29(31)32)35-25-12-9-23(10-13-25)22-7-3-2-4-8-22;2*1-2/h2-4,7-15,21H,5-6,16-20H2,1H3;1-2H;2H,1H3. The summed E-state index contributed by atoms with van der Waals surface area (Å²) >= 11 is 0. The Bertz CT molecular complexity index is 1230. The molecule has 3 aromatic carbocycles. The monoisotopic (exact) mass is 528 g/mol. The molecule has 0 spiro atoms. The average molecular weight is 529 g/mol. The van der Waals surface area contributed by atoms with Crippen molar-refractivity contribution in [1.29, 1.82) is 0 Å². The summed E-state index contributed by atoms with van der Waals surface area (Å²) in [7, 11) is 2.62. The first-order chi connectivity index (χ1) is 19.2. The topological polar surface area (TPSA) is 71.5 Å². The van der Waals surface area contributed by atoms with Gasteiger partial charge in [0.05, 0.1) is 7.11 Å². The SMILES string of the molecule is C#C.CO.COc1cc(N2CC=C(Oc3ccc(-c4ccccc4)cc3)C2=O)ccc1OCCN1CCCC1. The van der Waals surface area contributed by atoms with Crippen molar-refractivity contribution >= 4 is 11.6 Å². The quantitative estimate of drug-likeness (QED) is 0.394. The molecule has 2 aliphatic rings. The molecule has 7 heteroatoms. The number of anilines is 1. The van der Waals surface area contributed by atoms with Gasteiger partial charge >= 0.3 is 0 Å². The molecule has 1 saturated heterocycles. The van der Waals surface area contributed by atoms with E-state index in [0.717, 1.165) is 43.6 Å². The van der Waals surface area contributed by atoms with Crippen LogP contribution in [0.25, 0.3) is 11.1 Å². The fourth-order valence-corrected chi connectivity index (χ4v) is 4.49. The zero-order valence-electron chi connectivity index (χ0n) is 22.6. The van der Waals surface area contributed by atoms with E-state index in [1.807, 2.05) is 60.7 Å². The van der Waals surface area contributed by atoms with Crippen LogP contribution in [0.15, 0.2) is 84.6 Å². The molecule has 3 aromatic rings. The molecule has 0 saturated carbocycles. The summed E-state index contributed by atoms with van der Waals surface area (Å²) in [6.45, 7) is 4.25.